The van der Waals surface area contributed by atoms with Gasteiger partial charge in [-0.15, -0.1) is 0 Å². The predicted octanol–water partition coefficient (Wildman–Crippen LogP) is 11.0. The zero-order valence-electron chi connectivity index (χ0n) is 25.8. The summed E-state index contributed by atoms with van der Waals surface area (Å²) in [4.78, 5) is 0. The van der Waals surface area contributed by atoms with Crippen LogP contribution in [0, 0.1) is 22.7 Å². The monoisotopic (exact) mass is 610 g/mol. The van der Waals surface area contributed by atoms with E-state index in [1.165, 1.54) is 21.5 Å². The van der Waals surface area contributed by atoms with Gasteiger partial charge in [0.2, 0.25) is 0 Å². The van der Waals surface area contributed by atoms with Crippen LogP contribution in [0.3, 0.4) is 0 Å². The average molecular weight is 611 g/mol. The molecule has 0 bridgehead atoms. The molecule has 222 valence electrons. The Hall–Kier alpha value is -6.88. The van der Waals surface area contributed by atoms with Crippen molar-refractivity contribution in [3.63, 3.8) is 0 Å². The molecule has 9 rings (SSSR count). The minimum Gasteiger partial charge on any atom is -0.309 e. The van der Waals surface area contributed by atoms with Gasteiger partial charge in [0.25, 0.3) is 0 Å². The van der Waals surface area contributed by atoms with Crippen LogP contribution in [0.2, 0.25) is 0 Å². The Labute approximate surface area is 277 Å². The molecule has 2 aromatic heterocycles. The lowest BCUT2D eigenvalue weighted by Crippen LogP contribution is -1.98. The third-order valence-corrected chi connectivity index (χ3v) is 9.42. The van der Waals surface area contributed by atoms with E-state index in [-0.39, 0.29) is 0 Å². The van der Waals surface area contributed by atoms with Gasteiger partial charge in [0, 0.05) is 32.8 Å². The molecule has 2 heterocycles. The molecule has 0 saturated carbocycles. The minimum absolute atomic E-state index is 0.603. The average Bonchev–Trinajstić information content (AvgIpc) is 3.67. The van der Waals surface area contributed by atoms with Crippen LogP contribution in [0.5, 0.6) is 0 Å². The molecule has 0 fully saturated rings. The first-order valence-corrected chi connectivity index (χ1v) is 15.9. The number of benzene rings is 7. The van der Waals surface area contributed by atoms with Gasteiger partial charge in [-0.25, -0.2) is 0 Å². The van der Waals surface area contributed by atoms with E-state index in [0.717, 1.165) is 55.7 Å². The number of nitrogens with zero attached hydrogens (tertiary/aromatic N) is 4. The van der Waals surface area contributed by atoms with E-state index in [1.807, 2.05) is 30.3 Å². The highest BCUT2D eigenvalue weighted by molar-refractivity contribution is 6.10. The van der Waals surface area contributed by atoms with Crippen molar-refractivity contribution < 1.29 is 0 Å². The molecule has 0 saturated heterocycles. The molecule has 0 aliphatic heterocycles. The Bertz CT molecular complexity index is 2690. The third kappa shape index (κ3) is 4.14. The van der Waals surface area contributed by atoms with Crippen LogP contribution in [0.1, 0.15) is 11.1 Å². The summed E-state index contributed by atoms with van der Waals surface area (Å²) in [5.74, 6) is 0. The lowest BCUT2D eigenvalue weighted by molar-refractivity contribution is 1.18. The summed E-state index contributed by atoms with van der Waals surface area (Å²) in [6, 6.07) is 58.8. The largest absolute Gasteiger partial charge is 0.309 e. The molecule has 0 spiro atoms. The van der Waals surface area contributed by atoms with E-state index < -0.39 is 0 Å². The highest BCUT2D eigenvalue weighted by atomic mass is 15.0. The van der Waals surface area contributed by atoms with Crippen LogP contribution < -0.4 is 0 Å². The van der Waals surface area contributed by atoms with Gasteiger partial charge in [-0.3, -0.25) is 0 Å². The number of fused-ring (bicyclic) bond motifs is 6. The van der Waals surface area contributed by atoms with E-state index in [1.54, 1.807) is 0 Å². The van der Waals surface area contributed by atoms with Crippen molar-refractivity contribution in [2.45, 2.75) is 0 Å². The molecule has 0 aliphatic carbocycles. The molecule has 0 radical (unpaired) electrons. The van der Waals surface area contributed by atoms with Gasteiger partial charge in [-0.2, -0.15) is 10.5 Å². The fraction of sp³-hybridized carbons (Fsp3) is 0. The smallest absolute Gasteiger partial charge is 0.0998 e. The van der Waals surface area contributed by atoms with Gasteiger partial charge in [-0.1, -0.05) is 103 Å². The zero-order chi connectivity index (χ0) is 32.2. The zero-order valence-corrected chi connectivity index (χ0v) is 25.8. The molecular weight excluding hydrogens is 585 g/mol. The number of hydrogen-bond donors (Lipinski definition) is 0. The molecule has 7 aromatic carbocycles. The van der Waals surface area contributed by atoms with Gasteiger partial charge in [0.05, 0.1) is 51.0 Å². The standard InChI is InChI=1S/C44H26N4/c45-27-29-17-24-44(48-42-15-7-3-11-37(42)38-12-4-8-16-43(38)48)39(25-29)31-20-18-30(19-21-31)34-23-22-33(26-32(34)28-46)47-40-13-5-1-9-35(40)36-10-2-6-14-41(36)47/h1-26H. The third-order valence-electron chi connectivity index (χ3n) is 9.42. The maximum Gasteiger partial charge on any atom is 0.0998 e. The highest BCUT2D eigenvalue weighted by Crippen LogP contribution is 2.38. The molecule has 48 heavy (non-hydrogen) atoms. The van der Waals surface area contributed by atoms with Gasteiger partial charge in [-0.05, 0) is 71.3 Å². The molecule has 0 amide bonds. The predicted molar refractivity (Wildman–Crippen MR) is 195 cm³/mol. The summed E-state index contributed by atoms with van der Waals surface area (Å²) in [5, 5.41) is 24.9. The summed E-state index contributed by atoms with van der Waals surface area (Å²) >= 11 is 0. The SMILES string of the molecule is N#Cc1ccc(-n2c3ccccc3c3ccccc32)c(-c2ccc(-c3ccc(-n4c5ccccc5c5ccccc54)cc3C#N)cc2)c1. The second-order valence-corrected chi connectivity index (χ2v) is 12.0. The number of para-hydroxylation sites is 4. The number of aromatic nitrogens is 2. The summed E-state index contributed by atoms with van der Waals surface area (Å²) in [6.45, 7) is 0. The molecule has 9 aromatic rings. The second-order valence-electron chi connectivity index (χ2n) is 12.0. The van der Waals surface area contributed by atoms with Crippen molar-refractivity contribution >= 4 is 43.6 Å². The van der Waals surface area contributed by atoms with Crippen molar-refractivity contribution in [1.82, 2.24) is 9.13 Å². The second kappa shape index (κ2) is 10.9. The number of hydrogen-bond acceptors (Lipinski definition) is 2. The number of rotatable bonds is 4. The molecule has 0 atom stereocenters. The molecule has 4 heteroatoms. The molecular formula is C44H26N4. The normalized spacial score (nSPS) is 11.3. The van der Waals surface area contributed by atoms with E-state index in [0.29, 0.717) is 11.1 Å². The van der Waals surface area contributed by atoms with Crippen LogP contribution in [0.15, 0.2) is 158 Å². The van der Waals surface area contributed by atoms with Crippen molar-refractivity contribution in [3.05, 3.63) is 169 Å². The van der Waals surface area contributed by atoms with Gasteiger partial charge in [0.1, 0.15) is 0 Å². The minimum atomic E-state index is 0.603. The van der Waals surface area contributed by atoms with Crippen LogP contribution in [-0.2, 0) is 0 Å². The van der Waals surface area contributed by atoms with Gasteiger partial charge >= 0.3 is 0 Å². The summed E-state index contributed by atoms with van der Waals surface area (Å²) in [7, 11) is 0. The summed E-state index contributed by atoms with van der Waals surface area (Å²) < 4.78 is 4.52. The first kappa shape index (κ1) is 27.4. The van der Waals surface area contributed by atoms with Crippen molar-refractivity contribution in [2.24, 2.45) is 0 Å². The van der Waals surface area contributed by atoms with E-state index in [4.69, 9.17) is 0 Å². The maximum atomic E-state index is 10.3. The van der Waals surface area contributed by atoms with Crippen molar-refractivity contribution in [2.75, 3.05) is 0 Å². The molecule has 0 N–H and O–H groups in total. The molecule has 0 unspecified atom stereocenters. The fourth-order valence-electron chi connectivity index (χ4n) is 7.26. The molecule has 0 aliphatic rings. The lowest BCUT2D eigenvalue weighted by Gasteiger charge is -2.15. The number of nitriles is 2. The van der Waals surface area contributed by atoms with Crippen LogP contribution in [0.25, 0.3) is 77.2 Å². The topological polar surface area (TPSA) is 57.4 Å². The Morgan fingerprint density at radius 3 is 1.38 bits per heavy atom. The first-order valence-electron chi connectivity index (χ1n) is 15.9. The first-order chi connectivity index (χ1) is 23.7. The maximum absolute atomic E-state index is 10.3. The van der Waals surface area contributed by atoms with Gasteiger partial charge in [0.15, 0.2) is 0 Å². The Kier molecular flexibility index (Phi) is 6.22. The quantitative estimate of drug-likeness (QED) is 0.199. The van der Waals surface area contributed by atoms with Gasteiger partial charge < -0.3 is 9.13 Å². The van der Waals surface area contributed by atoms with E-state index in [9.17, 15) is 10.5 Å². The van der Waals surface area contributed by atoms with E-state index >= 15 is 0 Å². The summed E-state index contributed by atoms with van der Waals surface area (Å²) in [6.07, 6.45) is 0. The highest BCUT2D eigenvalue weighted by Gasteiger charge is 2.17. The van der Waals surface area contributed by atoms with Crippen LogP contribution >= 0.6 is 0 Å². The molecule has 4 nitrogen and oxygen atoms in total. The van der Waals surface area contributed by atoms with E-state index in [2.05, 4.69) is 149 Å². The van der Waals surface area contributed by atoms with Crippen molar-refractivity contribution in [3.8, 4) is 45.8 Å². The van der Waals surface area contributed by atoms with Crippen LogP contribution in [-0.4, -0.2) is 9.13 Å². The Balaban J connectivity index is 1.16. The summed E-state index contributed by atoms with van der Waals surface area (Å²) in [5.41, 5.74) is 11.4. The van der Waals surface area contributed by atoms with Crippen LogP contribution in [0.4, 0.5) is 0 Å². The fourth-order valence-corrected chi connectivity index (χ4v) is 7.26. The van der Waals surface area contributed by atoms with Crippen molar-refractivity contribution in [1.29, 1.82) is 10.5 Å². The Morgan fingerprint density at radius 1 is 0.396 bits per heavy atom. The Morgan fingerprint density at radius 2 is 0.875 bits per heavy atom. The lowest BCUT2D eigenvalue weighted by atomic mass is 9.95.